The molecule has 0 amide bonds. The smallest absolute Gasteiger partial charge is 0.216 e. The van der Waals surface area contributed by atoms with Crippen LogP contribution < -0.4 is 4.57 Å². The van der Waals surface area contributed by atoms with Crippen LogP contribution in [0.2, 0.25) is 0 Å². The average molecular weight is 421 g/mol. The molecular formula is C30H30NO+. The van der Waals surface area contributed by atoms with Gasteiger partial charge >= 0.3 is 0 Å². The summed E-state index contributed by atoms with van der Waals surface area (Å²) in [6.45, 7) is 2.25. The summed E-state index contributed by atoms with van der Waals surface area (Å²) in [6, 6.07) is 21.9. The van der Waals surface area contributed by atoms with Gasteiger partial charge in [-0.15, -0.1) is 0 Å². The predicted molar refractivity (Wildman–Crippen MR) is 133 cm³/mol. The van der Waals surface area contributed by atoms with Gasteiger partial charge in [-0.3, -0.25) is 0 Å². The fourth-order valence-corrected chi connectivity index (χ4v) is 5.84. The molecule has 32 heavy (non-hydrogen) atoms. The Balaban J connectivity index is 1.62. The van der Waals surface area contributed by atoms with Crippen molar-refractivity contribution in [2.24, 2.45) is 13.0 Å². The molecule has 2 heteroatoms. The molecule has 2 aromatic heterocycles. The van der Waals surface area contributed by atoms with Crippen molar-refractivity contribution in [3.05, 3.63) is 78.0 Å². The third-order valence-electron chi connectivity index (χ3n) is 7.52. The van der Waals surface area contributed by atoms with Crippen molar-refractivity contribution in [3.8, 4) is 11.3 Å². The Morgan fingerprint density at radius 1 is 0.875 bits per heavy atom. The van der Waals surface area contributed by atoms with Crippen LogP contribution in [0.25, 0.3) is 44.0 Å². The van der Waals surface area contributed by atoms with E-state index >= 15 is 0 Å². The molecule has 1 aliphatic rings. The molecule has 0 spiro atoms. The summed E-state index contributed by atoms with van der Waals surface area (Å²) in [5.41, 5.74) is 7.17. The minimum Gasteiger partial charge on any atom is -0.455 e. The SMILES string of the molecule is Cc1c(-c2cc(CC3CCCCC3)cc[n+]2C)c2oc3ccccc3c2c2ccccc12. The van der Waals surface area contributed by atoms with E-state index in [4.69, 9.17) is 4.42 Å². The van der Waals surface area contributed by atoms with E-state index in [-0.39, 0.29) is 0 Å². The van der Waals surface area contributed by atoms with Gasteiger partial charge in [0.1, 0.15) is 18.2 Å². The lowest BCUT2D eigenvalue weighted by molar-refractivity contribution is -0.660. The minimum absolute atomic E-state index is 0.827. The van der Waals surface area contributed by atoms with Gasteiger partial charge in [0, 0.05) is 22.9 Å². The lowest BCUT2D eigenvalue weighted by Gasteiger charge is -2.21. The second-order valence-corrected chi connectivity index (χ2v) is 9.59. The molecule has 0 unspecified atom stereocenters. The Labute approximate surface area is 189 Å². The zero-order chi connectivity index (χ0) is 21.7. The van der Waals surface area contributed by atoms with Crippen molar-refractivity contribution in [1.29, 1.82) is 0 Å². The Bertz CT molecular complexity index is 1450. The first-order valence-corrected chi connectivity index (χ1v) is 12.0. The molecule has 2 nitrogen and oxygen atoms in total. The number of benzene rings is 3. The van der Waals surface area contributed by atoms with Gasteiger partial charge in [-0.1, -0.05) is 74.6 Å². The Hall–Kier alpha value is -3.13. The molecule has 1 saturated carbocycles. The summed E-state index contributed by atoms with van der Waals surface area (Å²) < 4.78 is 8.82. The minimum atomic E-state index is 0.827. The number of nitrogens with zero attached hydrogens (tertiary/aromatic N) is 1. The molecule has 6 rings (SSSR count). The van der Waals surface area contributed by atoms with Crippen LogP contribution in [0.1, 0.15) is 43.2 Å². The van der Waals surface area contributed by atoms with Crippen molar-refractivity contribution < 1.29 is 8.98 Å². The molecule has 0 atom stereocenters. The molecule has 3 aromatic carbocycles. The first kappa shape index (κ1) is 19.5. The Kier molecular flexibility index (Phi) is 4.75. The normalized spacial score (nSPS) is 15.2. The number of pyridine rings is 1. The predicted octanol–water partition coefficient (Wildman–Crippen LogP) is 7.66. The molecule has 0 saturated heterocycles. The number of para-hydroxylation sites is 1. The zero-order valence-electron chi connectivity index (χ0n) is 19.0. The van der Waals surface area contributed by atoms with E-state index in [2.05, 4.69) is 85.4 Å². The van der Waals surface area contributed by atoms with Crippen LogP contribution >= 0.6 is 0 Å². The zero-order valence-corrected chi connectivity index (χ0v) is 19.0. The fraction of sp³-hybridized carbons (Fsp3) is 0.300. The third-order valence-corrected chi connectivity index (χ3v) is 7.52. The van der Waals surface area contributed by atoms with Crippen molar-refractivity contribution in [2.45, 2.75) is 45.4 Å². The summed E-state index contributed by atoms with van der Waals surface area (Å²) in [5.74, 6) is 0.827. The second kappa shape index (κ2) is 7.78. The van der Waals surface area contributed by atoms with E-state index in [1.807, 2.05) is 0 Å². The number of aromatic nitrogens is 1. The van der Waals surface area contributed by atoms with E-state index in [0.29, 0.717) is 0 Å². The first-order chi connectivity index (χ1) is 15.7. The van der Waals surface area contributed by atoms with E-state index in [1.54, 1.807) is 0 Å². The highest BCUT2D eigenvalue weighted by molar-refractivity contribution is 6.23. The van der Waals surface area contributed by atoms with Crippen molar-refractivity contribution in [1.82, 2.24) is 0 Å². The Morgan fingerprint density at radius 3 is 2.41 bits per heavy atom. The van der Waals surface area contributed by atoms with E-state index < -0.39 is 0 Å². The highest BCUT2D eigenvalue weighted by Gasteiger charge is 2.24. The second-order valence-electron chi connectivity index (χ2n) is 9.59. The standard InChI is InChI=1S/C30H30NO/c1-20-23-12-6-7-13-24(23)29-25-14-8-9-15-27(25)32-30(29)28(20)26-19-22(16-17-31(26)2)18-21-10-4-3-5-11-21/h6-9,12-17,19,21H,3-5,10-11,18H2,1-2H3/q+1. The van der Waals surface area contributed by atoms with Crippen LogP contribution in [0.4, 0.5) is 0 Å². The molecule has 0 aliphatic heterocycles. The fourth-order valence-electron chi connectivity index (χ4n) is 5.84. The van der Waals surface area contributed by atoms with Crippen LogP contribution in [-0.4, -0.2) is 0 Å². The van der Waals surface area contributed by atoms with Crippen LogP contribution in [0.15, 0.2) is 71.3 Å². The largest absolute Gasteiger partial charge is 0.455 e. The summed E-state index contributed by atoms with van der Waals surface area (Å²) >= 11 is 0. The number of furan rings is 1. The van der Waals surface area contributed by atoms with Gasteiger partial charge in [0.05, 0.1) is 5.56 Å². The molecule has 0 bridgehead atoms. The lowest BCUT2D eigenvalue weighted by atomic mass is 9.84. The molecule has 160 valence electrons. The molecule has 1 aliphatic carbocycles. The molecule has 5 aromatic rings. The summed E-state index contributed by atoms with van der Waals surface area (Å²) in [4.78, 5) is 0. The van der Waals surface area contributed by atoms with Gasteiger partial charge < -0.3 is 4.42 Å². The molecular weight excluding hydrogens is 390 g/mol. The van der Waals surface area contributed by atoms with Gasteiger partial charge in [-0.25, -0.2) is 4.57 Å². The van der Waals surface area contributed by atoms with Crippen LogP contribution in [0.3, 0.4) is 0 Å². The summed E-state index contributed by atoms with van der Waals surface area (Å²) in [6.07, 6.45) is 10.4. The molecule has 0 N–H and O–H groups in total. The van der Waals surface area contributed by atoms with Gasteiger partial charge in [0.25, 0.3) is 0 Å². The maximum absolute atomic E-state index is 6.56. The van der Waals surface area contributed by atoms with Crippen molar-refractivity contribution in [2.75, 3.05) is 0 Å². The number of hydrogen-bond donors (Lipinski definition) is 0. The monoisotopic (exact) mass is 420 g/mol. The van der Waals surface area contributed by atoms with Gasteiger partial charge in [-0.2, -0.15) is 0 Å². The van der Waals surface area contributed by atoms with Crippen molar-refractivity contribution >= 4 is 32.7 Å². The summed E-state index contributed by atoms with van der Waals surface area (Å²) in [7, 11) is 2.16. The third kappa shape index (κ3) is 3.12. The highest BCUT2D eigenvalue weighted by Crippen LogP contribution is 2.42. The van der Waals surface area contributed by atoms with Gasteiger partial charge in [0.15, 0.2) is 6.20 Å². The quantitative estimate of drug-likeness (QED) is 0.274. The average Bonchev–Trinajstić information content (AvgIpc) is 3.21. The van der Waals surface area contributed by atoms with Crippen LogP contribution in [-0.2, 0) is 13.5 Å². The number of rotatable bonds is 3. The van der Waals surface area contributed by atoms with E-state index in [1.165, 1.54) is 82.5 Å². The molecule has 1 fully saturated rings. The first-order valence-electron chi connectivity index (χ1n) is 12.0. The number of aryl methyl sites for hydroxylation is 2. The maximum Gasteiger partial charge on any atom is 0.216 e. The van der Waals surface area contributed by atoms with Gasteiger partial charge in [-0.05, 0) is 47.2 Å². The summed E-state index contributed by atoms with van der Waals surface area (Å²) in [5, 5.41) is 5.00. The lowest BCUT2D eigenvalue weighted by Crippen LogP contribution is -2.31. The highest BCUT2D eigenvalue weighted by atomic mass is 16.3. The molecule has 0 radical (unpaired) electrons. The topological polar surface area (TPSA) is 17.0 Å². The van der Waals surface area contributed by atoms with E-state index in [0.717, 1.165) is 17.1 Å². The van der Waals surface area contributed by atoms with Crippen LogP contribution in [0, 0.1) is 12.8 Å². The number of fused-ring (bicyclic) bond motifs is 5. The maximum atomic E-state index is 6.56. The van der Waals surface area contributed by atoms with Crippen LogP contribution in [0.5, 0.6) is 0 Å². The molecule has 2 heterocycles. The van der Waals surface area contributed by atoms with E-state index in [9.17, 15) is 0 Å². The number of hydrogen-bond acceptors (Lipinski definition) is 1. The van der Waals surface area contributed by atoms with Gasteiger partial charge in [0.2, 0.25) is 5.69 Å². The Morgan fingerprint density at radius 2 is 1.59 bits per heavy atom. The van der Waals surface area contributed by atoms with Crippen molar-refractivity contribution in [3.63, 3.8) is 0 Å².